The van der Waals surface area contributed by atoms with Crippen LogP contribution in [0.2, 0.25) is 0 Å². The number of hydrogen-bond acceptors (Lipinski definition) is 4. The van der Waals surface area contributed by atoms with Crippen LogP contribution >= 0.6 is 0 Å². The molecular weight excluding hydrogens is 310 g/mol. The van der Waals surface area contributed by atoms with Crippen LogP contribution in [-0.2, 0) is 24.1 Å². The third kappa shape index (κ3) is 3.58. The van der Waals surface area contributed by atoms with Crippen molar-refractivity contribution in [2.75, 3.05) is 5.32 Å². The molecule has 0 amide bonds. The van der Waals surface area contributed by atoms with Crippen molar-refractivity contribution in [2.24, 2.45) is 0 Å². The van der Waals surface area contributed by atoms with Crippen molar-refractivity contribution in [1.82, 2.24) is 9.97 Å². The lowest BCUT2D eigenvalue weighted by Gasteiger charge is -2.15. The summed E-state index contributed by atoms with van der Waals surface area (Å²) in [4.78, 5) is 21.1. The highest BCUT2D eigenvalue weighted by molar-refractivity contribution is 5.78. The van der Waals surface area contributed by atoms with Gasteiger partial charge in [0.25, 0.3) is 0 Å². The summed E-state index contributed by atoms with van der Waals surface area (Å²) in [5.74, 6) is 2.75. The van der Waals surface area contributed by atoms with E-state index in [9.17, 15) is 4.79 Å². The molecule has 25 heavy (non-hydrogen) atoms. The first-order chi connectivity index (χ1) is 12.2. The zero-order valence-electron chi connectivity index (χ0n) is 14.8. The molecule has 0 radical (unpaired) electrons. The highest BCUT2D eigenvalue weighted by Gasteiger charge is 2.25. The highest BCUT2D eigenvalue weighted by Crippen LogP contribution is 2.36. The lowest BCUT2D eigenvalue weighted by atomic mass is 10.1. The molecule has 4 nitrogen and oxygen atoms in total. The Kier molecular flexibility index (Phi) is 4.51. The van der Waals surface area contributed by atoms with Crippen LogP contribution in [-0.4, -0.2) is 15.8 Å². The van der Waals surface area contributed by atoms with Gasteiger partial charge in [0.15, 0.2) is 0 Å². The number of benzene rings is 1. The van der Waals surface area contributed by atoms with Crippen LogP contribution in [0.3, 0.4) is 0 Å². The lowest BCUT2D eigenvalue weighted by Crippen LogP contribution is -2.08. The van der Waals surface area contributed by atoms with Gasteiger partial charge in [0.05, 0.1) is 0 Å². The number of anilines is 2. The number of Topliss-reactive ketones (excluding diaryl/α,β-unsaturated/α-hetero) is 1. The zero-order chi connectivity index (χ0) is 17.2. The number of hydrogen-bond donors (Lipinski definition) is 1. The number of fused-ring (bicyclic) bond motifs is 1. The van der Waals surface area contributed by atoms with E-state index in [1.54, 1.807) is 6.92 Å². The lowest BCUT2D eigenvalue weighted by molar-refractivity contribution is -0.116. The second-order valence-corrected chi connectivity index (χ2v) is 7.39. The quantitative estimate of drug-likeness (QED) is 0.874. The number of carbonyl (C=O) groups excluding carboxylic acids is 1. The van der Waals surface area contributed by atoms with Crippen molar-refractivity contribution in [1.29, 1.82) is 0 Å². The van der Waals surface area contributed by atoms with E-state index in [0.717, 1.165) is 35.7 Å². The first-order valence-electron chi connectivity index (χ1n) is 9.44. The van der Waals surface area contributed by atoms with Gasteiger partial charge in [0, 0.05) is 29.3 Å². The van der Waals surface area contributed by atoms with Gasteiger partial charge in [-0.1, -0.05) is 25.0 Å². The van der Waals surface area contributed by atoms with Crippen molar-refractivity contribution < 1.29 is 4.79 Å². The molecule has 0 atom stereocenters. The molecule has 1 aromatic carbocycles. The Morgan fingerprint density at radius 2 is 1.84 bits per heavy atom. The Morgan fingerprint density at radius 3 is 2.56 bits per heavy atom. The van der Waals surface area contributed by atoms with Crippen LogP contribution in [0, 0.1) is 0 Å². The van der Waals surface area contributed by atoms with Crippen molar-refractivity contribution in [3.05, 3.63) is 46.9 Å². The summed E-state index contributed by atoms with van der Waals surface area (Å²) < 4.78 is 0. The summed E-state index contributed by atoms with van der Waals surface area (Å²) in [5.41, 5.74) is 4.61. The Labute approximate surface area is 149 Å². The van der Waals surface area contributed by atoms with Crippen LogP contribution in [0.25, 0.3) is 0 Å². The molecule has 2 aliphatic carbocycles. The molecule has 0 saturated heterocycles. The molecule has 1 fully saturated rings. The maximum atomic E-state index is 11.2. The van der Waals surface area contributed by atoms with E-state index in [2.05, 4.69) is 5.32 Å². The smallest absolute Gasteiger partial charge is 0.137 e. The minimum atomic E-state index is 0.190. The number of aryl methyl sites for hydroxylation is 1. The Hall–Kier alpha value is -2.23. The normalized spacial score (nSPS) is 16.8. The van der Waals surface area contributed by atoms with Crippen LogP contribution < -0.4 is 5.32 Å². The third-order valence-electron chi connectivity index (χ3n) is 5.34. The molecule has 1 aromatic heterocycles. The van der Waals surface area contributed by atoms with Crippen LogP contribution in [0.1, 0.15) is 67.6 Å². The van der Waals surface area contributed by atoms with Gasteiger partial charge in [-0.05, 0) is 56.7 Å². The number of nitrogens with one attached hydrogen (secondary N) is 1. The summed E-state index contributed by atoms with van der Waals surface area (Å²) in [7, 11) is 0. The Balaban J connectivity index is 1.59. The molecule has 130 valence electrons. The number of ketones is 1. The second kappa shape index (κ2) is 6.95. The third-order valence-corrected chi connectivity index (χ3v) is 5.34. The van der Waals surface area contributed by atoms with Gasteiger partial charge in [-0.3, -0.25) is 4.79 Å². The fourth-order valence-corrected chi connectivity index (χ4v) is 4.05. The van der Waals surface area contributed by atoms with Crippen molar-refractivity contribution in [2.45, 2.75) is 64.2 Å². The van der Waals surface area contributed by atoms with E-state index >= 15 is 0 Å². The minimum absolute atomic E-state index is 0.190. The van der Waals surface area contributed by atoms with Crippen LogP contribution in [0.5, 0.6) is 0 Å². The SMILES string of the molecule is CC(=O)Cc1ccc(Nc2nc(C3CCCC3)nc3c2CCC3)cc1. The number of rotatable bonds is 5. The van der Waals surface area contributed by atoms with E-state index in [-0.39, 0.29) is 5.78 Å². The molecule has 2 aliphatic rings. The van der Waals surface area contributed by atoms with Crippen LogP contribution in [0.4, 0.5) is 11.5 Å². The molecular formula is C21H25N3O. The van der Waals surface area contributed by atoms with Crippen molar-refractivity contribution in [3.63, 3.8) is 0 Å². The van der Waals surface area contributed by atoms with E-state index < -0.39 is 0 Å². The average Bonchev–Trinajstić information content (AvgIpc) is 3.27. The number of nitrogens with zero attached hydrogens (tertiary/aromatic N) is 2. The van der Waals surface area contributed by atoms with E-state index in [1.807, 2.05) is 24.3 Å². The molecule has 0 unspecified atom stereocenters. The Morgan fingerprint density at radius 1 is 1.08 bits per heavy atom. The average molecular weight is 335 g/mol. The van der Waals surface area contributed by atoms with Crippen LogP contribution in [0.15, 0.2) is 24.3 Å². The molecule has 1 heterocycles. The molecule has 4 heteroatoms. The van der Waals surface area contributed by atoms with Crippen molar-refractivity contribution in [3.8, 4) is 0 Å². The van der Waals surface area contributed by atoms with Gasteiger partial charge >= 0.3 is 0 Å². The molecule has 4 rings (SSSR count). The highest BCUT2D eigenvalue weighted by atomic mass is 16.1. The van der Waals surface area contributed by atoms with Gasteiger partial charge in [-0.2, -0.15) is 0 Å². The van der Waals surface area contributed by atoms with E-state index in [1.165, 1.54) is 43.4 Å². The van der Waals surface area contributed by atoms with E-state index in [4.69, 9.17) is 9.97 Å². The molecule has 1 saturated carbocycles. The molecule has 0 aliphatic heterocycles. The van der Waals surface area contributed by atoms with Crippen molar-refractivity contribution >= 4 is 17.3 Å². The van der Waals surface area contributed by atoms with Gasteiger partial charge in [0.1, 0.15) is 17.4 Å². The molecule has 0 bridgehead atoms. The fraction of sp³-hybridized carbons (Fsp3) is 0.476. The standard InChI is InChI=1S/C21H25N3O/c1-14(25)13-15-9-11-17(12-10-15)22-21-18-7-4-8-19(18)23-20(24-21)16-5-2-3-6-16/h9-12,16H,2-8,13H2,1H3,(H,22,23,24). The summed E-state index contributed by atoms with van der Waals surface area (Å²) in [6, 6.07) is 8.11. The number of aromatic nitrogens is 2. The maximum absolute atomic E-state index is 11.2. The fourth-order valence-electron chi connectivity index (χ4n) is 4.05. The minimum Gasteiger partial charge on any atom is -0.340 e. The van der Waals surface area contributed by atoms with Gasteiger partial charge in [-0.25, -0.2) is 9.97 Å². The second-order valence-electron chi connectivity index (χ2n) is 7.39. The summed E-state index contributed by atoms with van der Waals surface area (Å²) in [6.45, 7) is 1.63. The topological polar surface area (TPSA) is 54.9 Å². The molecule has 1 N–H and O–H groups in total. The van der Waals surface area contributed by atoms with E-state index in [0.29, 0.717) is 12.3 Å². The Bertz CT molecular complexity index is 776. The molecule has 2 aromatic rings. The summed E-state index contributed by atoms with van der Waals surface area (Å²) in [5, 5.41) is 3.51. The maximum Gasteiger partial charge on any atom is 0.137 e. The summed E-state index contributed by atoms with van der Waals surface area (Å²) >= 11 is 0. The van der Waals surface area contributed by atoms with Gasteiger partial charge in [0.2, 0.25) is 0 Å². The first-order valence-corrected chi connectivity index (χ1v) is 9.44. The predicted octanol–water partition coefficient (Wildman–Crippen LogP) is 4.50. The summed E-state index contributed by atoms with van der Waals surface area (Å²) in [6.07, 6.45) is 8.83. The first kappa shape index (κ1) is 16.2. The van der Waals surface area contributed by atoms with Gasteiger partial charge in [-0.15, -0.1) is 0 Å². The monoisotopic (exact) mass is 335 g/mol. The van der Waals surface area contributed by atoms with Gasteiger partial charge < -0.3 is 5.32 Å². The molecule has 0 spiro atoms. The zero-order valence-corrected chi connectivity index (χ0v) is 14.8. The predicted molar refractivity (Wildman–Crippen MR) is 99.4 cm³/mol. The largest absolute Gasteiger partial charge is 0.340 e. The number of carbonyl (C=O) groups is 1.